The smallest absolute Gasteiger partial charge is 0.416 e. The van der Waals surface area contributed by atoms with Crippen molar-refractivity contribution in [2.24, 2.45) is 0 Å². The number of esters is 1. The number of rotatable bonds is 4. The van der Waals surface area contributed by atoms with Gasteiger partial charge in [0.05, 0.1) is 35.0 Å². The number of aryl methyl sites for hydroxylation is 1. The molecular formula is C25H23ClF3N3O2. The van der Waals surface area contributed by atoms with Crippen LogP contribution >= 0.6 is 11.6 Å². The fraction of sp³-hybridized carbons (Fsp3) is 0.240. The summed E-state index contributed by atoms with van der Waals surface area (Å²) in [5.41, 5.74) is 2.40. The third-order valence-corrected chi connectivity index (χ3v) is 5.32. The van der Waals surface area contributed by atoms with E-state index in [0.717, 1.165) is 12.1 Å². The van der Waals surface area contributed by atoms with Crippen LogP contribution in [0.5, 0.6) is 0 Å². The van der Waals surface area contributed by atoms with Gasteiger partial charge in [-0.3, -0.25) is 4.79 Å². The lowest BCUT2D eigenvalue weighted by Gasteiger charge is -2.14. The first-order valence-corrected chi connectivity index (χ1v) is 10.9. The zero-order chi connectivity index (χ0) is 24.9. The van der Waals surface area contributed by atoms with Gasteiger partial charge in [-0.05, 0) is 38.5 Å². The first-order chi connectivity index (χ1) is 16.1. The van der Waals surface area contributed by atoms with E-state index < -0.39 is 23.6 Å². The second-order valence-electron chi connectivity index (χ2n) is 7.49. The number of benzene rings is 2. The minimum atomic E-state index is -4.41. The van der Waals surface area contributed by atoms with Crippen molar-refractivity contribution >= 4 is 23.2 Å². The van der Waals surface area contributed by atoms with Crippen LogP contribution in [0.1, 0.15) is 36.6 Å². The highest BCUT2D eigenvalue weighted by atomic mass is 35.5. The van der Waals surface area contributed by atoms with Gasteiger partial charge in [0.25, 0.3) is 0 Å². The standard InChI is InChI=1S/C18H15ClF3N3O2.C7H8/c1-3-27-17(26)10(2)15-14(19)9-23-16-13(8-24-25(15)16)11-4-6-12(7-5-11)18(20,21)22;1-7-5-3-2-4-6-7/h4-10H,3H2,1-2H3;2-6H,1H3. The van der Waals surface area contributed by atoms with E-state index in [2.05, 4.69) is 29.1 Å². The second kappa shape index (κ2) is 10.7. The third kappa shape index (κ3) is 5.75. The molecule has 4 rings (SSSR count). The molecule has 34 heavy (non-hydrogen) atoms. The molecule has 178 valence electrons. The Balaban J connectivity index is 0.000000396. The van der Waals surface area contributed by atoms with Crippen LogP contribution < -0.4 is 0 Å². The highest BCUT2D eigenvalue weighted by Gasteiger charge is 2.30. The molecule has 0 radical (unpaired) electrons. The molecule has 5 nitrogen and oxygen atoms in total. The molecule has 0 N–H and O–H groups in total. The van der Waals surface area contributed by atoms with Crippen molar-refractivity contribution in [3.8, 4) is 11.1 Å². The van der Waals surface area contributed by atoms with Crippen molar-refractivity contribution in [2.75, 3.05) is 6.61 Å². The Bertz CT molecular complexity index is 1260. The molecule has 0 fully saturated rings. The summed E-state index contributed by atoms with van der Waals surface area (Å²) in [6.07, 6.45) is -1.55. The first-order valence-electron chi connectivity index (χ1n) is 10.5. The predicted octanol–water partition coefficient (Wildman–Crippen LogP) is 6.73. The summed E-state index contributed by atoms with van der Waals surface area (Å²) in [4.78, 5) is 16.3. The van der Waals surface area contributed by atoms with Crippen molar-refractivity contribution in [1.82, 2.24) is 14.6 Å². The lowest BCUT2D eigenvalue weighted by molar-refractivity contribution is -0.144. The summed E-state index contributed by atoms with van der Waals surface area (Å²) in [6.45, 7) is 5.65. The van der Waals surface area contributed by atoms with E-state index in [1.807, 2.05) is 18.2 Å². The molecular weight excluding hydrogens is 467 g/mol. The summed E-state index contributed by atoms with van der Waals surface area (Å²) in [6, 6.07) is 15.0. The molecule has 0 aliphatic heterocycles. The SMILES string of the molecule is CCOC(=O)C(C)c1c(Cl)cnc2c(-c3ccc(C(F)(F)F)cc3)cnn12.Cc1ccccc1. The molecule has 4 aromatic rings. The molecule has 0 amide bonds. The quantitative estimate of drug-likeness (QED) is 0.298. The van der Waals surface area contributed by atoms with E-state index in [1.165, 1.54) is 34.6 Å². The number of ether oxygens (including phenoxy) is 1. The topological polar surface area (TPSA) is 56.5 Å². The number of fused-ring (bicyclic) bond motifs is 1. The third-order valence-electron chi connectivity index (χ3n) is 5.03. The van der Waals surface area contributed by atoms with Crippen LogP contribution in [-0.4, -0.2) is 27.2 Å². The van der Waals surface area contributed by atoms with E-state index >= 15 is 0 Å². The molecule has 0 spiro atoms. The maximum absolute atomic E-state index is 12.8. The maximum atomic E-state index is 12.8. The Kier molecular flexibility index (Phi) is 7.94. The number of carbonyl (C=O) groups excluding carboxylic acids is 1. The van der Waals surface area contributed by atoms with Gasteiger partial charge in [0.1, 0.15) is 0 Å². The molecule has 2 aromatic carbocycles. The van der Waals surface area contributed by atoms with Crippen LogP contribution in [0, 0.1) is 6.92 Å². The lowest BCUT2D eigenvalue weighted by atomic mass is 10.1. The second-order valence-corrected chi connectivity index (χ2v) is 7.90. The maximum Gasteiger partial charge on any atom is 0.416 e. The molecule has 2 heterocycles. The number of hydrogen-bond acceptors (Lipinski definition) is 4. The van der Waals surface area contributed by atoms with Crippen LogP contribution in [0.25, 0.3) is 16.8 Å². The van der Waals surface area contributed by atoms with E-state index in [1.54, 1.807) is 13.8 Å². The Hall–Kier alpha value is -3.39. The highest BCUT2D eigenvalue weighted by molar-refractivity contribution is 6.31. The molecule has 0 saturated carbocycles. The Morgan fingerprint density at radius 3 is 2.26 bits per heavy atom. The van der Waals surface area contributed by atoms with Gasteiger partial charge in [0, 0.05) is 11.8 Å². The van der Waals surface area contributed by atoms with Gasteiger partial charge >= 0.3 is 12.1 Å². The van der Waals surface area contributed by atoms with Crippen LogP contribution in [0.4, 0.5) is 13.2 Å². The predicted molar refractivity (Wildman–Crippen MR) is 125 cm³/mol. The summed E-state index contributed by atoms with van der Waals surface area (Å²) in [7, 11) is 0. The number of nitrogens with zero attached hydrogens (tertiary/aromatic N) is 3. The number of aromatic nitrogens is 3. The molecule has 0 aliphatic carbocycles. The van der Waals surface area contributed by atoms with Crippen LogP contribution in [0.3, 0.4) is 0 Å². The minimum absolute atomic E-state index is 0.227. The molecule has 0 saturated heterocycles. The van der Waals surface area contributed by atoms with Gasteiger partial charge in [-0.1, -0.05) is 59.6 Å². The molecule has 0 bridgehead atoms. The summed E-state index contributed by atoms with van der Waals surface area (Å²) in [5.74, 6) is -1.15. The van der Waals surface area contributed by atoms with Gasteiger partial charge in [-0.15, -0.1) is 0 Å². The van der Waals surface area contributed by atoms with Crippen molar-refractivity contribution in [3.05, 3.63) is 88.8 Å². The van der Waals surface area contributed by atoms with Crippen molar-refractivity contribution in [3.63, 3.8) is 0 Å². The van der Waals surface area contributed by atoms with Crippen molar-refractivity contribution in [2.45, 2.75) is 32.9 Å². The molecule has 0 aliphatic rings. The summed E-state index contributed by atoms with van der Waals surface area (Å²) < 4.78 is 44.7. The Labute approximate surface area is 200 Å². The summed E-state index contributed by atoms with van der Waals surface area (Å²) in [5, 5.41) is 4.47. The number of carbonyl (C=O) groups is 1. The monoisotopic (exact) mass is 489 g/mol. The van der Waals surface area contributed by atoms with Crippen molar-refractivity contribution < 1.29 is 22.7 Å². The molecule has 1 unspecified atom stereocenters. The zero-order valence-corrected chi connectivity index (χ0v) is 19.6. The van der Waals surface area contributed by atoms with Crippen LogP contribution in [-0.2, 0) is 15.7 Å². The average molecular weight is 490 g/mol. The minimum Gasteiger partial charge on any atom is -0.465 e. The van der Waals surface area contributed by atoms with Gasteiger partial charge in [-0.2, -0.15) is 18.3 Å². The fourth-order valence-corrected chi connectivity index (χ4v) is 3.57. The molecule has 1 atom stereocenters. The largest absolute Gasteiger partial charge is 0.465 e. The lowest BCUT2D eigenvalue weighted by Crippen LogP contribution is -2.17. The van der Waals surface area contributed by atoms with Gasteiger partial charge in [-0.25, -0.2) is 9.50 Å². The Morgan fingerprint density at radius 1 is 1.09 bits per heavy atom. The number of halogens is 4. The number of hydrogen-bond donors (Lipinski definition) is 0. The molecule has 2 aromatic heterocycles. The first kappa shape index (κ1) is 25.2. The normalized spacial score (nSPS) is 12.1. The number of alkyl halides is 3. The van der Waals surface area contributed by atoms with Crippen LogP contribution in [0.2, 0.25) is 5.02 Å². The van der Waals surface area contributed by atoms with E-state index in [0.29, 0.717) is 22.5 Å². The van der Waals surface area contributed by atoms with E-state index in [9.17, 15) is 18.0 Å². The summed E-state index contributed by atoms with van der Waals surface area (Å²) >= 11 is 6.21. The Morgan fingerprint density at radius 2 is 1.74 bits per heavy atom. The van der Waals surface area contributed by atoms with Crippen LogP contribution in [0.15, 0.2) is 67.0 Å². The van der Waals surface area contributed by atoms with Crippen molar-refractivity contribution in [1.29, 1.82) is 0 Å². The van der Waals surface area contributed by atoms with E-state index in [4.69, 9.17) is 16.3 Å². The highest BCUT2D eigenvalue weighted by Crippen LogP contribution is 2.33. The molecule has 9 heteroatoms. The van der Waals surface area contributed by atoms with Gasteiger partial charge in [0.15, 0.2) is 5.65 Å². The fourth-order valence-electron chi connectivity index (χ4n) is 3.27. The van der Waals surface area contributed by atoms with Gasteiger partial charge < -0.3 is 4.74 Å². The zero-order valence-electron chi connectivity index (χ0n) is 18.8. The average Bonchev–Trinajstić information content (AvgIpc) is 3.23. The van der Waals surface area contributed by atoms with Gasteiger partial charge in [0.2, 0.25) is 0 Å². The van der Waals surface area contributed by atoms with E-state index in [-0.39, 0.29) is 11.6 Å².